The summed E-state index contributed by atoms with van der Waals surface area (Å²) in [4.78, 5) is 29.0. The van der Waals surface area contributed by atoms with Gasteiger partial charge in [0.05, 0.1) is 20.6 Å². The molecule has 4 aromatic rings. The van der Waals surface area contributed by atoms with Gasteiger partial charge in [-0.15, -0.1) is 0 Å². The van der Waals surface area contributed by atoms with E-state index in [1.807, 2.05) is 61.5 Å². The molecule has 1 atom stereocenters. The van der Waals surface area contributed by atoms with Crippen molar-refractivity contribution in [3.05, 3.63) is 130 Å². The molecule has 0 bridgehead atoms. The fraction of sp³-hybridized carbons (Fsp3) is 0.188. The number of amides is 2. The largest absolute Gasteiger partial charge is 0.357 e. The average molecular weight is 625 g/mol. The van der Waals surface area contributed by atoms with Gasteiger partial charge in [-0.3, -0.25) is 13.9 Å². The minimum Gasteiger partial charge on any atom is -0.357 e. The summed E-state index contributed by atoms with van der Waals surface area (Å²) in [5.74, 6) is -0.932. The first-order valence-electron chi connectivity index (χ1n) is 13.2. The summed E-state index contributed by atoms with van der Waals surface area (Å²) in [6.45, 7) is 1.45. The van der Waals surface area contributed by atoms with Crippen molar-refractivity contribution >= 4 is 50.7 Å². The number of halogens is 2. The number of hydrogen-bond donors (Lipinski definition) is 1. The molecule has 1 N–H and O–H groups in total. The molecule has 0 aliphatic rings. The predicted molar refractivity (Wildman–Crippen MR) is 167 cm³/mol. The minimum atomic E-state index is -4.22. The lowest BCUT2D eigenvalue weighted by molar-refractivity contribution is -0.139. The topological polar surface area (TPSA) is 86.8 Å². The van der Waals surface area contributed by atoms with E-state index in [1.165, 1.54) is 42.3 Å². The number of nitrogens with zero attached hydrogens (tertiary/aromatic N) is 2. The number of benzene rings is 4. The van der Waals surface area contributed by atoms with Crippen molar-refractivity contribution in [2.24, 2.45) is 0 Å². The molecule has 4 aromatic carbocycles. The third-order valence-corrected chi connectivity index (χ3v) is 9.28. The van der Waals surface area contributed by atoms with Crippen LogP contribution in [0, 0.1) is 6.92 Å². The van der Waals surface area contributed by atoms with Crippen LogP contribution in [-0.2, 0) is 32.6 Å². The third-order valence-electron chi connectivity index (χ3n) is 6.75. The smallest absolute Gasteiger partial charge is 0.264 e. The van der Waals surface area contributed by atoms with Gasteiger partial charge in [0.15, 0.2) is 0 Å². The van der Waals surface area contributed by atoms with Crippen LogP contribution in [0.5, 0.6) is 0 Å². The molecule has 0 aromatic heterocycles. The maximum Gasteiger partial charge on any atom is 0.264 e. The van der Waals surface area contributed by atoms with E-state index in [2.05, 4.69) is 5.32 Å². The Bertz CT molecular complexity index is 1650. The van der Waals surface area contributed by atoms with E-state index in [0.29, 0.717) is 0 Å². The maximum atomic E-state index is 14.3. The molecule has 2 amide bonds. The number of nitrogens with one attached hydrogen (secondary N) is 1. The molecule has 0 heterocycles. The summed E-state index contributed by atoms with van der Waals surface area (Å²) in [7, 11) is -2.71. The zero-order valence-electron chi connectivity index (χ0n) is 23.2. The molecule has 42 heavy (non-hydrogen) atoms. The van der Waals surface area contributed by atoms with Crippen molar-refractivity contribution < 1.29 is 18.0 Å². The number of rotatable bonds is 11. The van der Waals surface area contributed by atoms with Crippen molar-refractivity contribution in [2.75, 3.05) is 17.9 Å². The molecule has 0 saturated heterocycles. The lowest BCUT2D eigenvalue weighted by Gasteiger charge is -2.33. The van der Waals surface area contributed by atoms with E-state index >= 15 is 0 Å². The second-order valence-electron chi connectivity index (χ2n) is 9.75. The number of aryl methyl sites for hydroxylation is 1. The van der Waals surface area contributed by atoms with E-state index in [9.17, 15) is 18.0 Å². The van der Waals surface area contributed by atoms with Crippen LogP contribution in [0.4, 0.5) is 5.69 Å². The Morgan fingerprint density at radius 1 is 0.810 bits per heavy atom. The number of hydrogen-bond acceptors (Lipinski definition) is 4. The molecular formula is C32H31Cl2N3O4S. The van der Waals surface area contributed by atoms with E-state index in [-0.39, 0.29) is 39.5 Å². The highest BCUT2D eigenvalue weighted by Gasteiger charge is 2.34. The highest BCUT2D eigenvalue weighted by molar-refractivity contribution is 7.92. The lowest BCUT2D eigenvalue weighted by atomic mass is 10.0. The van der Waals surface area contributed by atoms with Crippen molar-refractivity contribution in [2.45, 2.75) is 30.8 Å². The number of carbonyl (C=O) groups is 2. The quantitative estimate of drug-likeness (QED) is 0.226. The Morgan fingerprint density at radius 2 is 1.45 bits per heavy atom. The zero-order chi connectivity index (χ0) is 30.3. The first kappa shape index (κ1) is 31.1. The summed E-state index contributed by atoms with van der Waals surface area (Å²) in [6, 6.07) is 28.3. The fourth-order valence-corrected chi connectivity index (χ4v) is 6.34. The summed E-state index contributed by atoms with van der Waals surface area (Å²) in [5, 5.41) is 3.06. The Labute approximate surface area is 256 Å². The SMILES string of the molecule is CNC(=O)[C@H](Cc1ccccc1)N(Cc1cccc(C)c1)C(=O)CN(c1ccc(Cl)c(Cl)c1)S(=O)(=O)c1ccccc1. The van der Waals surface area contributed by atoms with Crippen molar-refractivity contribution in [3.63, 3.8) is 0 Å². The average Bonchev–Trinajstić information content (AvgIpc) is 2.99. The molecule has 0 unspecified atom stereocenters. The van der Waals surface area contributed by atoms with Gasteiger partial charge in [-0.05, 0) is 48.4 Å². The van der Waals surface area contributed by atoms with Gasteiger partial charge in [-0.2, -0.15) is 0 Å². The van der Waals surface area contributed by atoms with Crippen LogP contribution >= 0.6 is 23.2 Å². The van der Waals surface area contributed by atoms with Crippen LogP contribution < -0.4 is 9.62 Å². The molecule has 0 saturated carbocycles. The van der Waals surface area contributed by atoms with E-state index in [4.69, 9.17) is 23.2 Å². The lowest BCUT2D eigenvalue weighted by Crippen LogP contribution is -2.53. The van der Waals surface area contributed by atoms with Crippen LogP contribution in [0.15, 0.2) is 108 Å². The predicted octanol–water partition coefficient (Wildman–Crippen LogP) is 5.88. The van der Waals surface area contributed by atoms with E-state index in [0.717, 1.165) is 21.0 Å². The number of anilines is 1. The van der Waals surface area contributed by atoms with Crippen molar-refractivity contribution in [1.29, 1.82) is 0 Å². The van der Waals surface area contributed by atoms with Crippen LogP contribution in [0.3, 0.4) is 0 Å². The van der Waals surface area contributed by atoms with Gasteiger partial charge in [-0.25, -0.2) is 8.42 Å². The van der Waals surface area contributed by atoms with Gasteiger partial charge < -0.3 is 10.2 Å². The first-order chi connectivity index (χ1) is 20.1. The van der Waals surface area contributed by atoms with Gasteiger partial charge in [0.25, 0.3) is 10.0 Å². The minimum absolute atomic E-state index is 0.00115. The molecule has 0 fully saturated rings. The molecule has 4 rings (SSSR count). The van der Waals surface area contributed by atoms with Crippen LogP contribution in [0.2, 0.25) is 10.0 Å². The maximum absolute atomic E-state index is 14.3. The standard InChI is InChI=1S/C32H31Cl2N3O4S/c1-23-10-9-13-25(18-23)21-36(30(32(39)35-2)19-24-11-5-3-6-12-24)31(38)22-37(26-16-17-28(33)29(34)20-26)42(40,41)27-14-7-4-8-15-27/h3-18,20,30H,19,21-22H2,1-2H3,(H,35,39)/t30-/m0/s1. The van der Waals surface area contributed by atoms with Crippen LogP contribution in [-0.4, -0.2) is 44.8 Å². The Kier molecular flexibility index (Phi) is 10.3. The molecule has 7 nitrogen and oxygen atoms in total. The van der Waals surface area contributed by atoms with Crippen LogP contribution in [0.25, 0.3) is 0 Å². The van der Waals surface area contributed by atoms with Gasteiger partial charge in [0.2, 0.25) is 11.8 Å². The Morgan fingerprint density at radius 3 is 2.07 bits per heavy atom. The highest BCUT2D eigenvalue weighted by atomic mass is 35.5. The second kappa shape index (κ2) is 13.9. The molecule has 0 radical (unpaired) electrons. The van der Waals surface area contributed by atoms with Gasteiger partial charge in [0.1, 0.15) is 12.6 Å². The summed E-state index contributed by atoms with van der Waals surface area (Å²) in [5.41, 5.74) is 2.81. The molecular weight excluding hydrogens is 593 g/mol. The van der Waals surface area contributed by atoms with E-state index in [1.54, 1.807) is 18.2 Å². The molecule has 0 aliphatic heterocycles. The fourth-order valence-electron chi connectivity index (χ4n) is 4.62. The summed E-state index contributed by atoms with van der Waals surface area (Å²) < 4.78 is 28.9. The molecule has 10 heteroatoms. The Balaban J connectivity index is 1.80. The molecule has 0 spiro atoms. The molecule has 0 aliphatic carbocycles. The van der Waals surface area contributed by atoms with Gasteiger partial charge in [0, 0.05) is 20.0 Å². The number of likely N-dealkylation sites (N-methyl/N-ethyl adjacent to an activating group) is 1. The third kappa shape index (κ3) is 7.50. The van der Waals surface area contributed by atoms with E-state index < -0.39 is 28.5 Å². The highest BCUT2D eigenvalue weighted by Crippen LogP contribution is 2.31. The van der Waals surface area contributed by atoms with Crippen molar-refractivity contribution in [3.8, 4) is 0 Å². The normalized spacial score (nSPS) is 11.9. The second-order valence-corrected chi connectivity index (χ2v) is 12.4. The van der Waals surface area contributed by atoms with Crippen molar-refractivity contribution in [1.82, 2.24) is 10.2 Å². The zero-order valence-corrected chi connectivity index (χ0v) is 25.5. The summed E-state index contributed by atoms with van der Waals surface area (Å²) in [6.07, 6.45) is 0.232. The molecule has 218 valence electrons. The Hall–Kier alpha value is -3.85. The van der Waals surface area contributed by atoms with Gasteiger partial charge in [-0.1, -0.05) is 102 Å². The first-order valence-corrected chi connectivity index (χ1v) is 15.4. The summed E-state index contributed by atoms with van der Waals surface area (Å²) >= 11 is 12.4. The van der Waals surface area contributed by atoms with Gasteiger partial charge >= 0.3 is 0 Å². The monoisotopic (exact) mass is 623 g/mol. The van der Waals surface area contributed by atoms with Crippen LogP contribution in [0.1, 0.15) is 16.7 Å². The number of carbonyl (C=O) groups excluding carboxylic acids is 2. The number of sulfonamides is 1.